The minimum Gasteiger partial charge on any atom is -0.492 e. The molecule has 0 fully saturated rings. The second-order valence-corrected chi connectivity index (χ2v) is 6.06. The lowest BCUT2D eigenvalue weighted by molar-refractivity contribution is 0.300. The van der Waals surface area contributed by atoms with E-state index in [0.29, 0.717) is 12.0 Å². The van der Waals surface area contributed by atoms with E-state index >= 15 is 0 Å². The van der Waals surface area contributed by atoms with Crippen LogP contribution in [0.3, 0.4) is 0 Å². The van der Waals surface area contributed by atoms with Crippen LogP contribution in [-0.2, 0) is 0 Å². The lowest BCUT2D eigenvalue weighted by Crippen LogP contribution is -2.30. The molecule has 2 aromatic rings. The quantitative estimate of drug-likeness (QED) is 0.821. The van der Waals surface area contributed by atoms with Crippen molar-refractivity contribution in [2.75, 3.05) is 19.7 Å². The SMILES string of the molecule is CC(C)(C)CNCCOc1cccc2ccccc12. The van der Waals surface area contributed by atoms with Crippen molar-refractivity contribution < 1.29 is 4.74 Å². The van der Waals surface area contributed by atoms with Gasteiger partial charge in [0, 0.05) is 18.5 Å². The van der Waals surface area contributed by atoms with Gasteiger partial charge >= 0.3 is 0 Å². The monoisotopic (exact) mass is 257 g/mol. The molecule has 19 heavy (non-hydrogen) atoms. The number of nitrogens with one attached hydrogen (secondary N) is 1. The van der Waals surface area contributed by atoms with Crippen LogP contribution in [0.1, 0.15) is 20.8 Å². The number of benzene rings is 2. The molecule has 2 rings (SSSR count). The van der Waals surface area contributed by atoms with Gasteiger partial charge in [-0.25, -0.2) is 0 Å². The van der Waals surface area contributed by atoms with Crippen molar-refractivity contribution in [1.82, 2.24) is 5.32 Å². The summed E-state index contributed by atoms with van der Waals surface area (Å²) in [5.41, 5.74) is 0.319. The Morgan fingerprint density at radius 2 is 1.74 bits per heavy atom. The number of hydrogen-bond acceptors (Lipinski definition) is 2. The highest BCUT2D eigenvalue weighted by molar-refractivity contribution is 5.88. The van der Waals surface area contributed by atoms with Crippen LogP contribution in [0.2, 0.25) is 0 Å². The Hall–Kier alpha value is -1.54. The highest BCUT2D eigenvalue weighted by atomic mass is 16.5. The van der Waals surface area contributed by atoms with Crippen molar-refractivity contribution in [1.29, 1.82) is 0 Å². The molecule has 0 saturated carbocycles. The third-order valence-electron chi connectivity index (χ3n) is 2.94. The molecule has 0 bridgehead atoms. The first-order chi connectivity index (χ1) is 9.06. The fourth-order valence-corrected chi connectivity index (χ4v) is 2.02. The summed E-state index contributed by atoms with van der Waals surface area (Å²) in [4.78, 5) is 0. The smallest absolute Gasteiger partial charge is 0.127 e. The summed E-state index contributed by atoms with van der Waals surface area (Å²) < 4.78 is 5.87. The lowest BCUT2D eigenvalue weighted by atomic mass is 9.97. The van der Waals surface area contributed by atoms with E-state index < -0.39 is 0 Å². The highest BCUT2D eigenvalue weighted by Crippen LogP contribution is 2.24. The van der Waals surface area contributed by atoms with Crippen molar-refractivity contribution in [3.05, 3.63) is 42.5 Å². The van der Waals surface area contributed by atoms with Gasteiger partial charge in [0.2, 0.25) is 0 Å². The fraction of sp³-hybridized carbons (Fsp3) is 0.412. The van der Waals surface area contributed by atoms with Crippen molar-refractivity contribution >= 4 is 10.8 Å². The molecule has 0 amide bonds. The van der Waals surface area contributed by atoms with Gasteiger partial charge in [-0.05, 0) is 16.9 Å². The van der Waals surface area contributed by atoms with E-state index in [1.54, 1.807) is 0 Å². The highest BCUT2D eigenvalue weighted by Gasteiger charge is 2.08. The number of ether oxygens (including phenoxy) is 1. The molecule has 102 valence electrons. The maximum Gasteiger partial charge on any atom is 0.127 e. The maximum atomic E-state index is 5.87. The van der Waals surface area contributed by atoms with Crippen LogP contribution in [0.25, 0.3) is 10.8 Å². The van der Waals surface area contributed by atoms with Gasteiger partial charge in [-0.2, -0.15) is 0 Å². The third-order valence-corrected chi connectivity index (χ3v) is 2.94. The van der Waals surface area contributed by atoms with Gasteiger partial charge in [0.15, 0.2) is 0 Å². The first-order valence-electron chi connectivity index (χ1n) is 6.87. The number of rotatable bonds is 5. The Morgan fingerprint density at radius 3 is 2.53 bits per heavy atom. The molecule has 2 aromatic carbocycles. The Balaban J connectivity index is 1.88. The van der Waals surface area contributed by atoms with Crippen molar-refractivity contribution in [3.63, 3.8) is 0 Å². The van der Waals surface area contributed by atoms with Crippen LogP contribution in [0, 0.1) is 5.41 Å². The Bertz CT molecular complexity index is 523. The van der Waals surface area contributed by atoms with Crippen molar-refractivity contribution in [3.8, 4) is 5.75 Å². The van der Waals surface area contributed by atoms with Crippen LogP contribution < -0.4 is 10.1 Å². The zero-order valence-corrected chi connectivity index (χ0v) is 12.1. The van der Waals surface area contributed by atoms with Gasteiger partial charge < -0.3 is 10.1 Å². The Morgan fingerprint density at radius 1 is 1.00 bits per heavy atom. The Labute approximate surface area is 115 Å². The van der Waals surface area contributed by atoms with Gasteiger partial charge in [-0.15, -0.1) is 0 Å². The average molecular weight is 257 g/mol. The molecular weight excluding hydrogens is 234 g/mol. The summed E-state index contributed by atoms with van der Waals surface area (Å²) >= 11 is 0. The molecule has 0 aliphatic heterocycles. The van der Waals surface area contributed by atoms with Crippen LogP contribution in [0.15, 0.2) is 42.5 Å². The minimum atomic E-state index is 0.319. The molecule has 0 atom stereocenters. The average Bonchev–Trinajstić information content (AvgIpc) is 2.37. The second-order valence-electron chi connectivity index (χ2n) is 6.06. The van der Waals surface area contributed by atoms with E-state index in [1.165, 1.54) is 10.8 Å². The van der Waals surface area contributed by atoms with Gasteiger partial charge in [-0.3, -0.25) is 0 Å². The number of hydrogen-bond donors (Lipinski definition) is 1. The molecular formula is C17H23NO. The molecule has 0 aromatic heterocycles. The van der Waals surface area contributed by atoms with E-state index in [9.17, 15) is 0 Å². The van der Waals surface area contributed by atoms with Crippen molar-refractivity contribution in [2.45, 2.75) is 20.8 Å². The van der Waals surface area contributed by atoms with Gasteiger partial charge in [0.05, 0.1) is 0 Å². The fourth-order valence-electron chi connectivity index (χ4n) is 2.02. The molecule has 0 aliphatic carbocycles. The lowest BCUT2D eigenvalue weighted by Gasteiger charge is -2.19. The molecule has 0 spiro atoms. The predicted molar refractivity (Wildman–Crippen MR) is 81.8 cm³/mol. The molecule has 0 aliphatic rings. The molecule has 0 heterocycles. The molecule has 0 saturated heterocycles. The molecule has 0 unspecified atom stereocenters. The second kappa shape index (κ2) is 6.07. The topological polar surface area (TPSA) is 21.3 Å². The first kappa shape index (κ1) is 13.9. The number of fused-ring (bicyclic) bond motifs is 1. The third kappa shape index (κ3) is 4.25. The van der Waals surface area contributed by atoms with Crippen LogP contribution >= 0.6 is 0 Å². The summed E-state index contributed by atoms with van der Waals surface area (Å²) in [6, 6.07) is 14.5. The van der Waals surface area contributed by atoms with Gasteiger partial charge in [-0.1, -0.05) is 57.2 Å². The summed E-state index contributed by atoms with van der Waals surface area (Å²) in [6.45, 7) is 9.26. The van der Waals surface area contributed by atoms with Crippen LogP contribution in [0.5, 0.6) is 5.75 Å². The normalized spacial score (nSPS) is 11.7. The molecule has 0 radical (unpaired) electrons. The van der Waals surface area contributed by atoms with E-state index in [1.807, 2.05) is 18.2 Å². The maximum absolute atomic E-state index is 5.87. The summed E-state index contributed by atoms with van der Waals surface area (Å²) in [6.07, 6.45) is 0. The predicted octanol–water partition coefficient (Wildman–Crippen LogP) is 3.85. The van der Waals surface area contributed by atoms with Crippen LogP contribution in [0.4, 0.5) is 0 Å². The zero-order valence-electron chi connectivity index (χ0n) is 12.1. The van der Waals surface area contributed by atoms with Gasteiger partial charge in [0.25, 0.3) is 0 Å². The van der Waals surface area contributed by atoms with Crippen molar-refractivity contribution in [2.24, 2.45) is 5.41 Å². The standard InChI is InChI=1S/C17H23NO/c1-17(2,3)13-18-11-12-19-16-10-6-8-14-7-4-5-9-15(14)16/h4-10,18H,11-13H2,1-3H3. The largest absolute Gasteiger partial charge is 0.492 e. The zero-order chi connectivity index (χ0) is 13.7. The molecule has 1 N–H and O–H groups in total. The summed E-state index contributed by atoms with van der Waals surface area (Å²) in [5, 5.41) is 5.82. The van der Waals surface area contributed by atoms with Gasteiger partial charge in [0.1, 0.15) is 12.4 Å². The van der Waals surface area contributed by atoms with Crippen LogP contribution in [-0.4, -0.2) is 19.7 Å². The first-order valence-corrected chi connectivity index (χ1v) is 6.87. The van der Waals surface area contributed by atoms with E-state index in [-0.39, 0.29) is 0 Å². The van der Waals surface area contributed by atoms with E-state index in [4.69, 9.17) is 4.74 Å². The summed E-state index contributed by atoms with van der Waals surface area (Å²) in [7, 11) is 0. The van der Waals surface area contributed by atoms with E-state index in [0.717, 1.165) is 18.8 Å². The molecule has 2 heteroatoms. The summed E-state index contributed by atoms with van der Waals surface area (Å²) in [5.74, 6) is 0.968. The van der Waals surface area contributed by atoms with E-state index in [2.05, 4.69) is 50.4 Å². The minimum absolute atomic E-state index is 0.319. The Kier molecular flexibility index (Phi) is 4.43. The molecule has 2 nitrogen and oxygen atoms in total.